The molecule has 0 fully saturated rings. The molecule has 2 aromatic carbocycles. The van der Waals surface area contributed by atoms with Gasteiger partial charge in [-0.1, -0.05) is 30.3 Å². The number of rotatable bonds is 4. The first-order valence-electron chi connectivity index (χ1n) is 6.60. The van der Waals surface area contributed by atoms with Gasteiger partial charge in [0.05, 0.1) is 12.8 Å². The Morgan fingerprint density at radius 1 is 1.33 bits per heavy atom. The maximum absolute atomic E-state index is 5.70. The number of benzene rings is 2. The largest absolute Gasteiger partial charge is 0.493 e. The average molecular weight is 298 g/mol. The van der Waals surface area contributed by atoms with Crippen LogP contribution in [0.2, 0.25) is 0 Å². The molecule has 106 valence electrons. The van der Waals surface area contributed by atoms with Gasteiger partial charge in [0.15, 0.2) is 0 Å². The molecular weight excluding hydrogens is 284 g/mol. The molecular formula is C15H14N4OS. The summed E-state index contributed by atoms with van der Waals surface area (Å²) < 4.78 is 7.65. The van der Waals surface area contributed by atoms with Crippen LogP contribution >= 0.6 is 12.2 Å². The summed E-state index contributed by atoms with van der Waals surface area (Å²) >= 11 is 5.08. The van der Waals surface area contributed by atoms with Crippen LogP contribution in [-0.4, -0.2) is 27.7 Å². The molecule has 0 aliphatic carbocycles. The molecule has 1 aromatic heterocycles. The smallest absolute Gasteiger partial charge is 0.216 e. The number of nitrogens with one attached hydrogen (secondary N) is 1. The summed E-state index contributed by atoms with van der Waals surface area (Å²) in [4.78, 5) is 0. The van der Waals surface area contributed by atoms with E-state index in [0.717, 1.165) is 22.1 Å². The van der Waals surface area contributed by atoms with Crippen LogP contribution in [0.1, 0.15) is 12.5 Å². The van der Waals surface area contributed by atoms with Crippen LogP contribution in [0.4, 0.5) is 0 Å². The first-order valence-corrected chi connectivity index (χ1v) is 7.01. The SMILES string of the molecule is CCOc1ccc2ccccc2c1C=Nn1cn[nH]c1=S. The molecule has 3 rings (SSSR count). The van der Waals surface area contributed by atoms with Crippen LogP contribution in [0, 0.1) is 4.77 Å². The first kappa shape index (κ1) is 13.5. The van der Waals surface area contributed by atoms with Gasteiger partial charge in [-0.25, -0.2) is 0 Å². The van der Waals surface area contributed by atoms with Crippen molar-refractivity contribution in [2.24, 2.45) is 5.10 Å². The highest BCUT2D eigenvalue weighted by Crippen LogP contribution is 2.26. The second-order valence-corrected chi connectivity index (χ2v) is 4.77. The Labute approximate surface area is 126 Å². The number of aromatic nitrogens is 3. The van der Waals surface area contributed by atoms with E-state index < -0.39 is 0 Å². The lowest BCUT2D eigenvalue weighted by molar-refractivity contribution is 0.340. The van der Waals surface area contributed by atoms with Gasteiger partial charge in [-0.15, -0.1) is 0 Å². The second kappa shape index (κ2) is 5.88. The normalized spacial score (nSPS) is 11.3. The fourth-order valence-electron chi connectivity index (χ4n) is 2.13. The summed E-state index contributed by atoms with van der Waals surface area (Å²) in [6.45, 7) is 2.56. The van der Waals surface area contributed by atoms with Crippen LogP contribution in [-0.2, 0) is 0 Å². The van der Waals surface area contributed by atoms with Gasteiger partial charge in [-0.3, -0.25) is 5.10 Å². The Kier molecular flexibility index (Phi) is 3.79. The Balaban J connectivity index is 2.14. The molecule has 0 aliphatic rings. The zero-order valence-electron chi connectivity index (χ0n) is 11.5. The Morgan fingerprint density at radius 3 is 2.95 bits per heavy atom. The Bertz CT molecular complexity index is 850. The summed E-state index contributed by atoms with van der Waals surface area (Å²) in [5.74, 6) is 0.801. The van der Waals surface area contributed by atoms with Crippen molar-refractivity contribution in [2.75, 3.05) is 6.61 Å². The quantitative estimate of drug-likeness (QED) is 0.593. The van der Waals surface area contributed by atoms with E-state index in [2.05, 4.69) is 21.4 Å². The van der Waals surface area contributed by atoms with E-state index in [4.69, 9.17) is 17.0 Å². The molecule has 0 aliphatic heterocycles. The predicted octanol–water partition coefficient (Wildman–Crippen LogP) is 3.37. The van der Waals surface area contributed by atoms with Gasteiger partial charge in [0.25, 0.3) is 0 Å². The molecule has 5 nitrogen and oxygen atoms in total. The van der Waals surface area contributed by atoms with E-state index in [1.165, 1.54) is 11.0 Å². The van der Waals surface area contributed by atoms with Crippen molar-refractivity contribution in [1.29, 1.82) is 0 Å². The molecule has 3 aromatic rings. The molecule has 1 heterocycles. The average Bonchev–Trinajstić information content (AvgIpc) is 2.91. The van der Waals surface area contributed by atoms with Crippen molar-refractivity contribution >= 4 is 29.2 Å². The van der Waals surface area contributed by atoms with E-state index in [9.17, 15) is 0 Å². The molecule has 0 saturated heterocycles. The molecule has 6 heteroatoms. The summed E-state index contributed by atoms with van der Waals surface area (Å²) in [6.07, 6.45) is 3.28. The van der Waals surface area contributed by atoms with Crippen molar-refractivity contribution in [3.05, 3.63) is 53.1 Å². The van der Waals surface area contributed by atoms with E-state index in [-0.39, 0.29) is 0 Å². The maximum atomic E-state index is 5.70. The van der Waals surface area contributed by atoms with Crippen molar-refractivity contribution in [1.82, 2.24) is 14.9 Å². The molecule has 0 radical (unpaired) electrons. The molecule has 0 bridgehead atoms. The third kappa shape index (κ3) is 2.71. The zero-order valence-corrected chi connectivity index (χ0v) is 12.3. The molecule has 1 N–H and O–H groups in total. The predicted molar refractivity (Wildman–Crippen MR) is 85.5 cm³/mol. The number of fused-ring (bicyclic) bond motifs is 1. The van der Waals surface area contributed by atoms with Crippen molar-refractivity contribution in [3.63, 3.8) is 0 Å². The van der Waals surface area contributed by atoms with Crippen LogP contribution in [0.25, 0.3) is 10.8 Å². The van der Waals surface area contributed by atoms with E-state index >= 15 is 0 Å². The van der Waals surface area contributed by atoms with E-state index in [1.807, 2.05) is 37.3 Å². The molecule has 21 heavy (non-hydrogen) atoms. The minimum atomic E-state index is 0.449. The van der Waals surface area contributed by atoms with E-state index in [1.54, 1.807) is 6.21 Å². The lowest BCUT2D eigenvalue weighted by Gasteiger charge is -2.10. The summed E-state index contributed by atoms with van der Waals surface area (Å²) in [7, 11) is 0. The number of H-pyrrole nitrogens is 1. The van der Waals surface area contributed by atoms with Crippen molar-refractivity contribution < 1.29 is 4.74 Å². The van der Waals surface area contributed by atoms with Gasteiger partial charge in [-0.05, 0) is 36.0 Å². The Morgan fingerprint density at radius 2 is 2.19 bits per heavy atom. The summed E-state index contributed by atoms with van der Waals surface area (Å²) in [5.41, 5.74) is 0.929. The minimum absolute atomic E-state index is 0.449. The van der Waals surface area contributed by atoms with Crippen molar-refractivity contribution in [2.45, 2.75) is 6.92 Å². The summed E-state index contributed by atoms with van der Waals surface area (Å²) in [6, 6.07) is 12.1. The van der Waals surface area contributed by atoms with Gasteiger partial charge < -0.3 is 4.74 Å². The molecule has 0 amide bonds. The number of ether oxygens (including phenoxy) is 1. The first-order chi connectivity index (χ1) is 10.3. The fraction of sp³-hybridized carbons (Fsp3) is 0.133. The topological polar surface area (TPSA) is 55.2 Å². The highest BCUT2D eigenvalue weighted by Gasteiger charge is 2.06. The van der Waals surface area contributed by atoms with Gasteiger partial charge in [-0.2, -0.15) is 14.9 Å². The van der Waals surface area contributed by atoms with Crippen LogP contribution in [0.15, 0.2) is 47.8 Å². The van der Waals surface area contributed by atoms with Crippen molar-refractivity contribution in [3.8, 4) is 5.75 Å². The van der Waals surface area contributed by atoms with Gasteiger partial charge in [0, 0.05) is 5.56 Å². The zero-order chi connectivity index (χ0) is 14.7. The number of nitrogens with zero attached hydrogens (tertiary/aromatic N) is 3. The van der Waals surface area contributed by atoms with Gasteiger partial charge >= 0.3 is 0 Å². The van der Waals surface area contributed by atoms with Crippen LogP contribution in [0.5, 0.6) is 5.75 Å². The monoisotopic (exact) mass is 298 g/mol. The second-order valence-electron chi connectivity index (χ2n) is 4.38. The van der Waals surface area contributed by atoms with Crippen LogP contribution in [0.3, 0.4) is 0 Å². The lowest BCUT2D eigenvalue weighted by atomic mass is 10.0. The number of aromatic amines is 1. The third-order valence-electron chi connectivity index (χ3n) is 3.08. The van der Waals surface area contributed by atoms with Crippen LogP contribution < -0.4 is 4.74 Å². The fourth-order valence-corrected chi connectivity index (χ4v) is 2.28. The standard InChI is InChI=1S/C15H14N4OS/c1-2-20-14-8-7-11-5-3-4-6-12(11)13(14)9-17-19-10-16-18-15(19)21/h3-10H,2H2,1H3,(H,18,21). The van der Waals surface area contributed by atoms with Gasteiger partial charge in [0.1, 0.15) is 12.1 Å². The van der Waals surface area contributed by atoms with E-state index in [0.29, 0.717) is 11.4 Å². The molecule has 0 saturated carbocycles. The molecule has 0 atom stereocenters. The maximum Gasteiger partial charge on any atom is 0.216 e. The summed E-state index contributed by atoms with van der Waals surface area (Å²) in [5, 5.41) is 13.1. The lowest BCUT2D eigenvalue weighted by Crippen LogP contribution is -1.98. The number of hydrogen-bond donors (Lipinski definition) is 1. The highest BCUT2D eigenvalue weighted by molar-refractivity contribution is 7.71. The minimum Gasteiger partial charge on any atom is -0.493 e. The molecule has 0 spiro atoms. The third-order valence-corrected chi connectivity index (χ3v) is 3.36. The molecule has 0 unspecified atom stereocenters. The van der Waals surface area contributed by atoms with Gasteiger partial charge in [0.2, 0.25) is 4.77 Å². The highest BCUT2D eigenvalue weighted by atomic mass is 32.1. The Hall–Kier alpha value is -2.47. The number of hydrogen-bond acceptors (Lipinski definition) is 4.